The predicted octanol–water partition coefficient (Wildman–Crippen LogP) is 6.10. The number of benzene rings is 1. The van der Waals surface area contributed by atoms with E-state index in [0.717, 1.165) is 18.4 Å². The first kappa shape index (κ1) is 19.6. The van der Waals surface area contributed by atoms with Gasteiger partial charge in [-0.25, -0.2) is 4.79 Å². The van der Waals surface area contributed by atoms with Crippen molar-refractivity contribution in [3.05, 3.63) is 64.3 Å². The molecule has 3 heteroatoms. The highest BCUT2D eigenvalue weighted by molar-refractivity contribution is 5.81. The topological polar surface area (TPSA) is 46.5 Å². The van der Waals surface area contributed by atoms with Gasteiger partial charge in [0.2, 0.25) is 0 Å². The zero-order valence-electron chi connectivity index (χ0n) is 17.1. The van der Waals surface area contributed by atoms with Gasteiger partial charge in [0.15, 0.2) is 0 Å². The summed E-state index contributed by atoms with van der Waals surface area (Å²) < 4.78 is 6.30. The molecule has 1 N–H and O–H groups in total. The Kier molecular flexibility index (Phi) is 5.18. The van der Waals surface area contributed by atoms with Crippen molar-refractivity contribution in [1.82, 2.24) is 0 Å². The number of ether oxygens (including phenoxy) is 1. The van der Waals surface area contributed by atoms with E-state index in [1.807, 2.05) is 13.0 Å². The summed E-state index contributed by atoms with van der Waals surface area (Å²) in [5, 5.41) is 8.90. The second-order valence-corrected chi connectivity index (χ2v) is 8.65. The Balaban J connectivity index is 2.02. The van der Waals surface area contributed by atoms with Crippen LogP contribution in [0.1, 0.15) is 77.0 Å². The maximum Gasteiger partial charge on any atom is 0.328 e. The normalized spacial score (nSPS) is 21.6. The minimum Gasteiger partial charge on any atom is -0.478 e. The van der Waals surface area contributed by atoms with Crippen molar-refractivity contribution in [3.63, 3.8) is 0 Å². The molecule has 0 aromatic heterocycles. The quantitative estimate of drug-likeness (QED) is 0.517. The summed E-state index contributed by atoms with van der Waals surface area (Å²) in [6.45, 7) is 10.4. The van der Waals surface area contributed by atoms with Crippen LogP contribution in [0.3, 0.4) is 0 Å². The standard InChI is InChI=1S/C24H30O3/c1-16(14-22(25)26)10-11-17-8-6-7-9-19(17)18-12-13-20-21(15-18)24(4,5)27-23(20,2)3/h10-15H,6-9H2,1-5H3,(H,25,26)/b11-10+,16-14+. The highest BCUT2D eigenvalue weighted by atomic mass is 16.5. The molecule has 3 rings (SSSR count). The molecule has 0 saturated heterocycles. The van der Waals surface area contributed by atoms with Crippen LogP contribution in [0.25, 0.3) is 5.57 Å². The Bertz CT molecular complexity index is 850. The third-order valence-corrected chi connectivity index (χ3v) is 5.58. The van der Waals surface area contributed by atoms with Gasteiger partial charge in [0.05, 0.1) is 11.2 Å². The smallest absolute Gasteiger partial charge is 0.328 e. The summed E-state index contributed by atoms with van der Waals surface area (Å²) in [7, 11) is 0. The zero-order valence-corrected chi connectivity index (χ0v) is 17.1. The number of fused-ring (bicyclic) bond motifs is 1. The number of carboxylic acids is 1. The van der Waals surface area contributed by atoms with E-state index < -0.39 is 5.97 Å². The molecule has 0 atom stereocenters. The summed E-state index contributed by atoms with van der Waals surface area (Å²) in [6, 6.07) is 6.75. The lowest BCUT2D eigenvalue weighted by Gasteiger charge is -2.24. The lowest BCUT2D eigenvalue weighted by atomic mass is 9.83. The molecule has 1 aromatic rings. The van der Waals surface area contributed by atoms with Crippen molar-refractivity contribution >= 4 is 11.5 Å². The lowest BCUT2D eigenvalue weighted by Crippen LogP contribution is -2.22. The largest absolute Gasteiger partial charge is 0.478 e. The van der Waals surface area contributed by atoms with Crippen LogP contribution in [0.15, 0.2) is 47.6 Å². The number of rotatable bonds is 4. The van der Waals surface area contributed by atoms with Gasteiger partial charge in [-0.05, 0) is 99.8 Å². The predicted molar refractivity (Wildman–Crippen MR) is 109 cm³/mol. The van der Waals surface area contributed by atoms with E-state index in [1.54, 1.807) is 0 Å². The molecule has 0 unspecified atom stereocenters. The van der Waals surface area contributed by atoms with Gasteiger partial charge in [-0.15, -0.1) is 0 Å². The van der Waals surface area contributed by atoms with Crippen LogP contribution in [-0.4, -0.2) is 11.1 Å². The van der Waals surface area contributed by atoms with Crippen LogP contribution in [0.4, 0.5) is 0 Å². The monoisotopic (exact) mass is 366 g/mol. The minimum atomic E-state index is -0.904. The van der Waals surface area contributed by atoms with Gasteiger partial charge in [0.25, 0.3) is 0 Å². The molecule has 2 aliphatic rings. The summed E-state index contributed by atoms with van der Waals surface area (Å²) in [4.78, 5) is 10.8. The van der Waals surface area contributed by atoms with Crippen molar-refractivity contribution in [2.24, 2.45) is 0 Å². The first-order chi connectivity index (χ1) is 12.6. The molecule has 1 aliphatic carbocycles. The highest BCUT2D eigenvalue weighted by Gasteiger charge is 2.42. The van der Waals surface area contributed by atoms with Crippen LogP contribution in [0, 0.1) is 0 Å². The van der Waals surface area contributed by atoms with Crippen LogP contribution >= 0.6 is 0 Å². The molecule has 0 spiro atoms. The molecular weight excluding hydrogens is 336 g/mol. The average Bonchev–Trinajstić information content (AvgIpc) is 2.77. The molecule has 144 valence electrons. The zero-order chi connectivity index (χ0) is 19.8. The van der Waals surface area contributed by atoms with Gasteiger partial charge in [-0.1, -0.05) is 24.3 Å². The van der Waals surface area contributed by atoms with E-state index >= 15 is 0 Å². The van der Waals surface area contributed by atoms with E-state index in [1.165, 1.54) is 46.8 Å². The van der Waals surface area contributed by atoms with E-state index in [9.17, 15) is 4.79 Å². The summed E-state index contributed by atoms with van der Waals surface area (Å²) in [6.07, 6.45) is 9.73. The third kappa shape index (κ3) is 4.08. The van der Waals surface area contributed by atoms with Gasteiger partial charge in [0.1, 0.15) is 0 Å². The third-order valence-electron chi connectivity index (χ3n) is 5.58. The second-order valence-electron chi connectivity index (χ2n) is 8.65. The molecule has 0 bridgehead atoms. The maximum absolute atomic E-state index is 10.8. The number of carboxylic acid groups (broad SMARTS) is 1. The Morgan fingerprint density at radius 1 is 1.07 bits per heavy atom. The number of allylic oxidation sites excluding steroid dienone is 5. The molecule has 1 aromatic carbocycles. The number of carbonyl (C=O) groups is 1. The molecular formula is C24H30O3. The van der Waals surface area contributed by atoms with Crippen LogP contribution in [0.5, 0.6) is 0 Å². The number of hydrogen-bond acceptors (Lipinski definition) is 2. The van der Waals surface area contributed by atoms with Crippen molar-refractivity contribution in [1.29, 1.82) is 0 Å². The molecule has 3 nitrogen and oxygen atoms in total. The molecule has 27 heavy (non-hydrogen) atoms. The van der Waals surface area contributed by atoms with Crippen molar-refractivity contribution < 1.29 is 14.6 Å². The Morgan fingerprint density at radius 2 is 1.74 bits per heavy atom. The van der Waals surface area contributed by atoms with Gasteiger partial charge < -0.3 is 9.84 Å². The van der Waals surface area contributed by atoms with Crippen LogP contribution < -0.4 is 0 Å². The van der Waals surface area contributed by atoms with Crippen molar-refractivity contribution in [2.45, 2.75) is 71.5 Å². The SMILES string of the molecule is CC(/C=C/C1=C(c2ccc3c(c2)C(C)(C)OC3(C)C)CCCC1)=C\C(=O)O. The Labute approximate surface area is 162 Å². The maximum atomic E-state index is 10.8. The van der Waals surface area contributed by atoms with E-state index in [0.29, 0.717) is 0 Å². The van der Waals surface area contributed by atoms with E-state index in [2.05, 4.69) is 52.0 Å². The second kappa shape index (κ2) is 7.12. The average molecular weight is 367 g/mol. The lowest BCUT2D eigenvalue weighted by molar-refractivity contribution is -0.131. The first-order valence-corrected chi connectivity index (χ1v) is 9.77. The minimum absolute atomic E-state index is 0.264. The van der Waals surface area contributed by atoms with Crippen LogP contribution in [-0.2, 0) is 20.7 Å². The highest BCUT2D eigenvalue weighted by Crippen LogP contribution is 2.48. The molecule has 0 radical (unpaired) electrons. The van der Waals surface area contributed by atoms with Gasteiger partial charge in [-0.3, -0.25) is 0 Å². The molecule has 0 fully saturated rings. The van der Waals surface area contributed by atoms with Gasteiger partial charge in [0, 0.05) is 6.08 Å². The summed E-state index contributed by atoms with van der Waals surface area (Å²) in [5.41, 5.74) is 6.70. The fourth-order valence-electron chi connectivity index (χ4n) is 4.42. The molecule has 1 heterocycles. The van der Waals surface area contributed by atoms with E-state index in [-0.39, 0.29) is 11.2 Å². The fourth-order valence-corrected chi connectivity index (χ4v) is 4.42. The van der Waals surface area contributed by atoms with Crippen LogP contribution in [0.2, 0.25) is 0 Å². The van der Waals surface area contributed by atoms with Gasteiger partial charge in [-0.2, -0.15) is 0 Å². The molecule has 0 amide bonds. The molecule has 1 aliphatic heterocycles. The number of aliphatic carboxylic acids is 1. The summed E-state index contributed by atoms with van der Waals surface area (Å²) in [5.74, 6) is -0.904. The first-order valence-electron chi connectivity index (χ1n) is 9.77. The summed E-state index contributed by atoms with van der Waals surface area (Å²) >= 11 is 0. The van der Waals surface area contributed by atoms with Crippen molar-refractivity contribution in [2.75, 3.05) is 0 Å². The Hall–Kier alpha value is -2.13. The number of hydrogen-bond donors (Lipinski definition) is 1. The fraction of sp³-hybridized carbons (Fsp3) is 0.458. The van der Waals surface area contributed by atoms with E-state index in [4.69, 9.17) is 9.84 Å². The Morgan fingerprint density at radius 3 is 2.44 bits per heavy atom. The van der Waals surface area contributed by atoms with Gasteiger partial charge >= 0.3 is 5.97 Å². The molecule has 0 saturated carbocycles. The van der Waals surface area contributed by atoms with Crippen molar-refractivity contribution in [3.8, 4) is 0 Å².